The van der Waals surface area contributed by atoms with Gasteiger partial charge in [-0.3, -0.25) is 0 Å². The summed E-state index contributed by atoms with van der Waals surface area (Å²) in [5.41, 5.74) is 2.12. The number of piperidine rings is 1. The van der Waals surface area contributed by atoms with E-state index < -0.39 is 0 Å². The predicted molar refractivity (Wildman–Crippen MR) is 76.5 cm³/mol. The Kier molecular flexibility index (Phi) is 2.63. The zero-order chi connectivity index (χ0) is 13.6. The Hall–Kier alpha value is -1.75. The zero-order valence-electron chi connectivity index (χ0n) is 11.7. The Morgan fingerprint density at radius 3 is 2.55 bits per heavy atom. The van der Waals surface area contributed by atoms with Crippen LogP contribution in [0.3, 0.4) is 0 Å². The van der Waals surface area contributed by atoms with Crippen molar-refractivity contribution in [2.75, 3.05) is 26.3 Å². The van der Waals surface area contributed by atoms with Gasteiger partial charge in [0.25, 0.3) is 0 Å². The first kappa shape index (κ1) is 12.0. The molecular formula is C15H19N3O2. The van der Waals surface area contributed by atoms with Crippen molar-refractivity contribution in [3.8, 4) is 11.5 Å². The van der Waals surface area contributed by atoms with Crippen LogP contribution in [0.1, 0.15) is 25.6 Å². The maximum absolute atomic E-state index is 5.63. The number of nitrogens with zero attached hydrogens (tertiary/aromatic N) is 1. The second kappa shape index (κ2) is 4.38. The van der Waals surface area contributed by atoms with Crippen molar-refractivity contribution in [2.24, 2.45) is 0 Å². The summed E-state index contributed by atoms with van der Waals surface area (Å²) in [5, 5.41) is 3.41. The largest absolute Gasteiger partial charge is 0.486 e. The molecule has 106 valence electrons. The van der Waals surface area contributed by atoms with Crippen LogP contribution in [0.4, 0.5) is 0 Å². The van der Waals surface area contributed by atoms with Gasteiger partial charge < -0.3 is 19.8 Å². The van der Waals surface area contributed by atoms with Gasteiger partial charge >= 0.3 is 0 Å². The van der Waals surface area contributed by atoms with Crippen molar-refractivity contribution >= 4 is 11.0 Å². The van der Waals surface area contributed by atoms with Crippen molar-refractivity contribution in [1.29, 1.82) is 0 Å². The first-order chi connectivity index (χ1) is 9.74. The van der Waals surface area contributed by atoms with Gasteiger partial charge in [0.15, 0.2) is 11.5 Å². The molecular weight excluding hydrogens is 254 g/mol. The lowest BCUT2D eigenvalue weighted by molar-refractivity contribution is 0.172. The maximum Gasteiger partial charge on any atom is 0.163 e. The van der Waals surface area contributed by atoms with E-state index in [-0.39, 0.29) is 5.41 Å². The minimum atomic E-state index is 0.131. The van der Waals surface area contributed by atoms with Crippen LogP contribution in [0, 0.1) is 0 Å². The Morgan fingerprint density at radius 2 is 1.80 bits per heavy atom. The van der Waals surface area contributed by atoms with Crippen LogP contribution in [0.2, 0.25) is 0 Å². The molecule has 5 heteroatoms. The van der Waals surface area contributed by atoms with Crippen LogP contribution < -0.4 is 14.8 Å². The topological polar surface area (TPSA) is 59.2 Å². The number of hydrogen-bond acceptors (Lipinski definition) is 4. The van der Waals surface area contributed by atoms with E-state index in [0.29, 0.717) is 13.2 Å². The molecule has 0 aliphatic carbocycles. The van der Waals surface area contributed by atoms with Gasteiger partial charge in [-0.25, -0.2) is 4.98 Å². The highest BCUT2D eigenvalue weighted by Gasteiger charge is 2.32. The second-order valence-corrected chi connectivity index (χ2v) is 5.91. The van der Waals surface area contributed by atoms with E-state index in [2.05, 4.69) is 17.2 Å². The Bertz CT molecular complexity index is 601. The van der Waals surface area contributed by atoms with E-state index in [0.717, 1.165) is 54.3 Å². The van der Waals surface area contributed by atoms with E-state index in [4.69, 9.17) is 14.5 Å². The van der Waals surface area contributed by atoms with Gasteiger partial charge in [0, 0.05) is 17.5 Å². The summed E-state index contributed by atoms with van der Waals surface area (Å²) in [6.45, 7) is 5.62. The van der Waals surface area contributed by atoms with Gasteiger partial charge in [0.1, 0.15) is 19.0 Å². The second-order valence-electron chi connectivity index (χ2n) is 5.91. The minimum absolute atomic E-state index is 0.131. The first-order valence-electron chi connectivity index (χ1n) is 7.25. The normalized spacial score (nSPS) is 21.1. The summed E-state index contributed by atoms with van der Waals surface area (Å²) in [6.07, 6.45) is 2.22. The molecule has 1 fully saturated rings. The van der Waals surface area contributed by atoms with Crippen molar-refractivity contribution in [3.05, 3.63) is 18.0 Å². The van der Waals surface area contributed by atoms with Crippen LogP contribution in [-0.2, 0) is 5.41 Å². The zero-order valence-corrected chi connectivity index (χ0v) is 11.7. The Labute approximate surface area is 117 Å². The predicted octanol–water partition coefficient (Wildman–Crippen LogP) is 1.98. The fraction of sp³-hybridized carbons (Fsp3) is 0.533. The smallest absolute Gasteiger partial charge is 0.163 e. The van der Waals surface area contributed by atoms with Crippen LogP contribution in [0.15, 0.2) is 12.1 Å². The third-order valence-corrected chi connectivity index (χ3v) is 4.42. The molecule has 2 aromatic rings. The summed E-state index contributed by atoms with van der Waals surface area (Å²) in [5.74, 6) is 2.70. The van der Waals surface area contributed by atoms with Crippen LogP contribution >= 0.6 is 0 Å². The lowest BCUT2D eigenvalue weighted by Gasteiger charge is -2.32. The third kappa shape index (κ3) is 1.85. The van der Waals surface area contributed by atoms with Gasteiger partial charge in [-0.1, -0.05) is 6.92 Å². The molecule has 0 radical (unpaired) electrons. The van der Waals surface area contributed by atoms with Crippen molar-refractivity contribution in [2.45, 2.75) is 25.2 Å². The quantitative estimate of drug-likeness (QED) is 0.834. The summed E-state index contributed by atoms with van der Waals surface area (Å²) < 4.78 is 11.3. The van der Waals surface area contributed by atoms with Crippen molar-refractivity contribution in [1.82, 2.24) is 15.3 Å². The van der Waals surface area contributed by atoms with E-state index in [1.165, 1.54) is 0 Å². The van der Waals surface area contributed by atoms with Gasteiger partial charge in [0.2, 0.25) is 0 Å². The van der Waals surface area contributed by atoms with E-state index in [1.807, 2.05) is 12.1 Å². The number of nitrogens with one attached hydrogen (secondary N) is 2. The summed E-state index contributed by atoms with van der Waals surface area (Å²) in [4.78, 5) is 8.28. The Morgan fingerprint density at radius 1 is 1.10 bits per heavy atom. The molecule has 0 atom stereocenters. The van der Waals surface area contributed by atoms with E-state index in [9.17, 15) is 0 Å². The molecule has 2 N–H and O–H groups in total. The van der Waals surface area contributed by atoms with Gasteiger partial charge in [-0.2, -0.15) is 0 Å². The number of benzene rings is 1. The summed E-state index contributed by atoms with van der Waals surface area (Å²) in [6, 6.07) is 3.99. The molecule has 3 heterocycles. The molecule has 1 saturated heterocycles. The number of H-pyrrole nitrogens is 1. The fourth-order valence-corrected chi connectivity index (χ4v) is 3.05. The molecule has 1 aromatic carbocycles. The molecule has 2 aliphatic rings. The van der Waals surface area contributed by atoms with E-state index >= 15 is 0 Å². The molecule has 0 amide bonds. The summed E-state index contributed by atoms with van der Waals surface area (Å²) in [7, 11) is 0. The lowest BCUT2D eigenvalue weighted by Crippen LogP contribution is -2.38. The fourth-order valence-electron chi connectivity index (χ4n) is 3.05. The van der Waals surface area contributed by atoms with Gasteiger partial charge in [-0.15, -0.1) is 0 Å². The number of fused-ring (bicyclic) bond motifs is 2. The molecule has 0 saturated carbocycles. The molecule has 4 rings (SSSR count). The standard InChI is InChI=1S/C15H19N3O2/c1-15(2-4-16-5-3-15)14-17-10-8-12-13(9-11(10)18-14)20-7-6-19-12/h8-9,16H,2-7H2,1H3,(H,17,18). The minimum Gasteiger partial charge on any atom is -0.486 e. The lowest BCUT2D eigenvalue weighted by atomic mass is 9.80. The average molecular weight is 273 g/mol. The van der Waals surface area contributed by atoms with Crippen LogP contribution in [0.5, 0.6) is 11.5 Å². The van der Waals surface area contributed by atoms with Gasteiger partial charge in [0.05, 0.1) is 11.0 Å². The molecule has 0 bridgehead atoms. The SMILES string of the molecule is CC1(c2nc3cc4c(cc3[nH]2)OCCO4)CCNCC1. The number of aromatic nitrogens is 2. The third-order valence-electron chi connectivity index (χ3n) is 4.42. The van der Waals surface area contributed by atoms with Crippen LogP contribution in [0.25, 0.3) is 11.0 Å². The summed E-state index contributed by atoms with van der Waals surface area (Å²) >= 11 is 0. The molecule has 5 nitrogen and oxygen atoms in total. The number of aromatic amines is 1. The number of hydrogen-bond donors (Lipinski definition) is 2. The molecule has 20 heavy (non-hydrogen) atoms. The monoisotopic (exact) mass is 273 g/mol. The number of rotatable bonds is 1. The van der Waals surface area contributed by atoms with Crippen LogP contribution in [-0.4, -0.2) is 36.3 Å². The molecule has 0 unspecified atom stereocenters. The maximum atomic E-state index is 5.63. The van der Waals surface area contributed by atoms with Crippen molar-refractivity contribution < 1.29 is 9.47 Å². The Balaban J connectivity index is 1.78. The molecule has 1 aromatic heterocycles. The van der Waals surface area contributed by atoms with Crippen molar-refractivity contribution in [3.63, 3.8) is 0 Å². The highest BCUT2D eigenvalue weighted by Crippen LogP contribution is 2.37. The highest BCUT2D eigenvalue weighted by atomic mass is 16.6. The van der Waals surface area contributed by atoms with Gasteiger partial charge in [-0.05, 0) is 25.9 Å². The van der Waals surface area contributed by atoms with E-state index in [1.54, 1.807) is 0 Å². The first-order valence-corrected chi connectivity index (χ1v) is 7.25. The number of imidazole rings is 1. The number of ether oxygens (including phenoxy) is 2. The molecule has 0 spiro atoms. The highest BCUT2D eigenvalue weighted by molar-refractivity contribution is 5.80. The average Bonchev–Trinajstić information content (AvgIpc) is 2.89. The molecule has 2 aliphatic heterocycles.